The predicted octanol–water partition coefficient (Wildman–Crippen LogP) is 2.94. The van der Waals surface area contributed by atoms with Gasteiger partial charge in [-0.05, 0) is 43.4 Å². The molecule has 3 heteroatoms. The number of aliphatic hydroxyl groups is 1. The summed E-state index contributed by atoms with van der Waals surface area (Å²) in [5.41, 5.74) is 0.126. The van der Waals surface area contributed by atoms with Crippen molar-refractivity contribution in [3.05, 3.63) is 34.6 Å². The Labute approximate surface area is 87.5 Å². The molecule has 1 N–H and O–H groups in total. The van der Waals surface area contributed by atoms with Gasteiger partial charge < -0.3 is 5.11 Å². The van der Waals surface area contributed by atoms with Crippen molar-refractivity contribution in [3.63, 3.8) is 0 Å². The van der Waals surface area contributed by atoms with Crippen LogP contribution in [-0.4, -0.2) is 10.7 Å². The fourth-order valence-corrected chi connectivity index (χ4v) is 1.64. The SMILES string of the molecule is OC1(CCc2ccc(Cl)cc2F)CC1. The molecule has 76 valence electrons. The van der Waals surface area contributed by atoms with Gasteiger partial charge in [0, 0.05) is 5.02 Å². The Balaban J connectivity index is 2.02. The van der Waals surface area contributed by atoms with E-state index in [1.54, 1.807) is 12.1 Å². The first-order valence-corrected chi connectivity index (χ1v) is 5.13. The molecule has 1 fully saturated rings. The van der Waals surface area contributed by atoms with Crippen LogP contribution >= 0.6 is 11.6 Å². The monoisotopic (exact) mass is 214 g/mol. The van der Waals surface area contributed by atoms with E-state index >= 15 is 0 Å². The Morgan fingerprint density at radius 3 is 2.71 bits per heavy atom. The summed E-state index contributed by atoms with van der Waals surface area (Å²) in [7, 11) is 0. The van der Waals surface area contributed by atoms with Crippen LogP contribution in [0.2, 0.25) is 5.02 Å². The van der Waals surface area contributed by atoms with Gasteiger partial charge in [0.2, 0.25) is 0 Å². The lowest BCUT2D eigenvalue weighted by Crippen LogP contribution is -2.08. The average Bonchev–Trinajstić information content (AvgIpc) is 2.83. The molecule has 0 bridgehead atoms. The second-order valence-electron chi connectivity index (χ2n) is 3.96. The largest absolute Gasteiger partial charge is 0.390 e. The van der Waals surface area contributed by atoms with E-state index in [9.17, 15) is 9.50 Å². The van der Waals surface area contributed by atoms with Crippen molar-refractivity contribution in [3.8, 4) is 0 Å². The predicted molar refractivity (Wildman–Crippen MR) is 53.9 cm³/mol. The van der Waals surface area contributed by atoms with E-state index in [2.05, 4.69) is 0 Å². The number of aryl methyl sites for hydroxylation is 1. The van der Waals surface area contributed by atoms with Crippen LogP contribution in [0.3, 0.4) is 0 Å². The number of hydrogen-bond acceptors (Lipinski definition) is 1. The second-order valence-corrected chi connectivity index (χ2v) is 4.40. The molecule has 0 atom stereocenters. The quantitative estimate of drug-likeness (QED) is 0.820. The van der Waals surface area contributed by atoms with E-state index in [4.69, 9.17) is 11.6 Å². The van der Waals surface area contributed by atoms with Gasteiger partial charge in [0.05, 0.1) is 5.60 Å². The van der Waals surface area contributed by atoms with Crippen LogP contribution in [0, 0.1) is 5.82 Å². The number of benzene rings is 1. The third-order valence-corrected chi connectivity index (χ3v) is 2.94. The van der Waals surface area contributed by atoms with Gasteiger partial charge in [-0.1, -0.05) is 17.7 Å². The van der Waals surface area contributed by atoms with Gasteiger partial charge in [-0.15, -0.1) is 0 Å². The molecule has 2 rings (SSSR count). The Hall–Kier alpha value is -0.600. The highest BCUT2D eigenvalue weighted by Crippen LogP contribution is 2.39. The van der Waals surface area contributed by atoms with Gasteiger partial charge in [-0.3, -0.25) is 0 Å². The molecule has 0 unspecified atom stereocenters. The van der Waals surface area contributed by atoms with Gasteiger partial charge in [0.25, 0.3) is 0 Å². The van der Waals surface area contributed by atoms with Crippen LogP contribution < -0.4 is 0 Å². The first kappa shape index (κ1) is 9.94. The Kier molecular flexibility index (Phi) is 2.50. The fraction of sp³-hybridized carbons (Fsp3) is 0.455. The van der Waals surface area contributed by atoms with E-state index in [-0.39, 0.29) is 5.82 Å². The van der Waals surface area contributed by atoms with Gasteiger partial charge in [-0.2, -0.15) is 0 Å². The molecule has 0 spiro atoms. The minimum atomic E-state index is -0.508. The summed E-state index contributed by atoms with van der Waals surface area (Å²) >= 11 is 5.63. The summed E-state index contributed by atoms with van der Waals surface area (Å²) in [6, 6.07) is 4.67. The van der Waals surface area contributed by atoms with Gasteiger partial charge in [0.15, 0.2) is 0 Å². The van der Waals surface area contributed by atoms with Crippen LogP contribution in [0.4, 0.5) is 4.39 Å². The average molecular weight is 215 g/mol. The highest BCUT2D eigenvalue weighted by molar-refractivity contribution is 6.30. The molecule has 0 aliphatic heterocycles. The van der Waals surface area contributed by atoms with Crippen molar-refractivity contribution in [1.29, 1.82) is 0 Å². The molecule has 1 nitrogen and oxygen atoms in total. The Bertz CT molecular complexity index is 347. The van der Waals surface area contributed by atoms with Crippen LogP contribution in [-0.2, 0) is 6.42 Å². The minimum absolute atomic E-state index is 0.276. The molecule has 0 heterocycles. The summed E-state index contributed by atoms with van der Waals surface area (Å²) in [6.45, 7) is 0. The summed E-state index contributed by atoms with van der Waals surface area (Å²) in [4.78, 5) is 0. The van der Waals surface area contributed by atoms with E-state index in [0.29, 0.717) is 23.4 Å². The van der Waals surface area contributed by atoms with Gasteiger partial charge in [-0.25, -0.2) is 4.39 Å². The highest BCUT2D eigenvalue weighted by Gasteiger charge is 2.39. The maximum absolute atomic E-state index is 13.3. The first-order valence-electron chi connectivity index (χ1n) is 4.75. The third kappa shape index (κ3) is 2.25. The number of halogens is 2. The molecule has 1 aliphatic rings. The summed E-state index contributed by atoms with van der Waals surface area (Å²) in [5.74, 6) is -0.276. The third-order valence-electron chi connectivity index (χ3n) is 2.70. The minimum Gasteiger partial charge on any atom is -0.390 e. The van der Waals surface area contributed by atoms with Crippen LogP contribution in [0.25, 0.3) is 0 Å². The number of hydrogen-bond donors (Lipinski definition) is 1. The molecule has 1 saturated carbocycles. The fourth-order valence-electron chi connectivity index (χ4n) is 1.49. The smallest absolute Gasteiger partial charge is 0.127 e. The highest BCUT2D eigenvalue weighted by atomic mass is 35.5. The van der Waals surface area contributed by atoms with Crippen LogP contribution in [0.15, 0.2) is 18.2 Å². The van der Waals surface area contributed by atoms with E-state index in [1.165, 1.54) is 6.07 Å². The van der Waals surface area contributed by atoms with Crippen LogP contribution in [0.5, 0.6) is 0 Å². The number of rotatable bonds is 3. The molecule has 0 amide bonds. The Morgan fingerprint density at radius 1 is 1.43 bits per heavy atom. The lowest BCUT2D eigenvalue weighted by molar-refractivity contribution is 0.140. The molecule has 1 aromatic carbocycles. The van der Waals surface area contributed by atoms with E-state index < -0.39 is 5.60 Å². The van der Waals surface area contributed by atoms with Gasteiger partial charge in [0.1, 0.15) is 5.82 Å². The standard InChI is InChI=1S/C11H12ClFO/c12-9-2-1-8(10(13)7-9)3-4-11(14)5-6-11/h1-2,7,14H,3-6H2. The van der Waals surface area contributed by atoms with Crippen molar-refractivity contribution >= 4 is 11.6 Å². The second kappa shape index (κ2) is 3.52. The summed E-state index contributed by atoms with van der Waals surface area (Å²) in [6.07, 6.45) is 2.93. The maximum atomic E-state index is 13.3. The van der Waals surface area contributed by atoms with Crippen molar-refractivity contribution in [2.75, 3.05) is 0 Å². The zero-order chi connectivity index (χ0) is 10.2. The molecule has 1 aromatic rings. The molecule has 0 radical (unpaired) electrons. The molecule has 0 aromatic heterocycles. The molecule has 1 aliphatic carbocycles. The molecular weight excluding hydrogens is 203 g/mol. The lowest BCUT2D eigenvalue weighted by Gasteiger charge is -2.07. The van der Waals surface area contributed by atoms with Gasteiger partial charge >= 0.3 is 0 Å². The summed E-state index contributed by atoms with van der Waals surface area (Å²) < 4.78 is 13.3. The zero-order valence-corrected chi connectivity index (χ0v) is 8.52. The normalized spacial score (nSPS) is 18.2. The molecule has 14 heavy (non-hydrogen) atoms. The van der Waals surface area contributed by atoms with Crippen molar-refractivity contribution < 1.29 is 9.50 Å². The summed E-state index contributed by atoms with van der Waals surface area (Å²) in [5, 5.41) is 10.0. The Morgan fingerprint density at radius 2 is 2.14 bits per heavy atom. The topological polar surface area (TPSA) is 20.2 Å². The maximum Gasteiger partial charge on any atom is 0.127 e. The van der Waals surface area contributed by atoms with Crippen molar-refractivity contribution in [2.45, 2.75) is 31.3 Å². The van der Waals surface area contributed by atoms with Crippen molar-refractivity contribution in [1.82, 2.24) is 0 Å². The first-order chi connectivity index (χ1) is 6.59. The lowest BCUT2D eigenvalue weighted by atomic mass is 10.1. The zero-order valence-electron chi connectivity index (χ0n) is 7.76. The molecule has 0 saturated heterocycles. The molecular formula is C11H12ClFO. The van der Waals surface area contributed by atoms with Crippen molar-refractivity contribution in [2.24, 2.45) is 0 Å². The van der Waals surface area contributed by atoms with E-state index in [1.807, 2.05) is 0 Å². The van der Waals surface area contributed by atoms with E-state index in [0.717, 1.165) is 12.8 Å². The van der Waals surface area contributed by atoms with Crippen LogP contribution in [0.1, 0.15) is 24.8 Å².